The summed E-state index contributed by atoms with van der Waals surface area (Å²) < 4.78 is 10.5. The number of hydrogen-bond acceptors (Lipinski definition) is 3. The highest BCUT2D eigenvalue weighted by molar-refractivity contribution is 4.82. The zero-order valence-corrected chi connectivity index (χ0v) is 10.8. The molecule has 0 radical (unpaired) electrons. The Kier molecular flexibility index (Phi) is 7.81. The van der Waals surface area contributed by atoms with E-state index in [-0.39, 0.29) is 0 Å². The summed E-state index contributed by atoms with van der Waals surface area (Å²) >= 11 is 0. The number of nitrogens with one attached hydrogen (secondary N) is 1. The molecule has 0 aromatic heterocycles. The minimum Gasteiger partial charge on any atom is -0.382 e. The number of hydrogen-bond donors (Lipinski definition) is 1. The molecule has 3 heteroatoms. The van der Waals surface area contributed by atoms with Gasteiger partial charge in [0.15, 0.2) is 0 Å². The molecule has 1 rings (SSSR count). The van der Waals surface area contributed by atoms with Gasteiger partial charge in [-0.15, -0.1) is 0 Å². The molecule has 0 heterocycles. The van der Waals surface area contributed by atoms with Crippen LogP contribution in [0.1, 0.15) is 39.0 Å². The molecule has 2 unspecified atom stereocenters. The maximum atomic E-state index is 5.54. The number of rotatable bonds is 9. The molecule has 0 aromatic carbocycles. The van der Waals surface area contributed by atoms with Crippen molar-refractivity contribution in [1.29, 1.82) is 0 Å². The van der Waals surface area contributed by atoms with Gasteiger partial charge in [-0.3, -0.25) is 0 Å². The largest absolute Gasteiger partial charge is 0.382 e. The Balaban J connectivity index is 2.05. The smallest absolute Gasteiger partial charge is 0.0700 e. The van der Waals surface area contributed by atoms with Crippen molar-refractivity contribution >= 4 is 0 Å². The summed E-state index contributed by atoms with van der Waals surface area (Å²) in [4.78, 5) is 0. The molecule has 1 aliphatic carbocycles. The second kappa shape index (κ2) is 8.97. The second-order valence-corrected chi connectivity index (χ2v) is 4.65. The third-order valence-corrected chi connectivity index (χ3v) is 3.38. The molecule has 2 atom stereocenters. The first kappa shape index (κ1) is 13.9. The second-order valence-electron chi connectivity index (χ2n) is 4.65. The van der Waals surface area contributed by atoms with E-state index in [1.54, 1.807) is 7.11 Å². The average Bonchev–Trinajstić information content (AvgIpc) is 2.74. The molecule has 0 aliphatic heterocycles. The normalized spacial score (nSPS) is 25.1. The monoisotopic (exact) mass is 229 g/mol. The quantitative estimate of drug-likeness (QED) is 0.615. The highest BCUT2D eigenvalue weighted by Gasteiger charge is 2.25. The van der Waals surface area contributed by atoms with Crippen LogP contribution in [0.4, 0.5) is 0 Å². The van der Waals surface area contributed by atoms with Gasteiger partial charge in [-0.25, -0.2) is 0 Å². The lowest BCUT2D eigenvalue weighted by molar-refractivity contribution is 0.0624. The third kappa shape index (κ3) is 5.28. The fraction of sp³-hybridized carbons (Fsp3) is 1.00. The van der Waals surface area contributed by atoms with Crippen molar-refractivity contribution in [2.75, 3.05) is 33.5 Å². The molecule has 1 aliphatic rings. The Morgan fingerprint density at radius 3 is 2.81 bits per heavy atom. The van der Waals surface area contributed by atoms with E-state index in [1.165, 1.54) is 32.1 Å². The van der Waals surface area contributed by atoms with E-state index < -0.39 is 0 Å². The van der Waals surface area contributed by atoms with Crippen molar-refractivity contribution in [3.63, 3.8) is 0 Å². The van der Waals surface area contributed by atoms with Crippen LogP contribution in [0.5, 0.6) is 0 Å². The average molecular weight is 229 g/mol. The predicted molar refractivity (Wildman–Crippen MR) is 66.7 cm³/mol. The van der Waals surface area contributed by atoms with Gasteiger partial charge in [-0.1, -0.05) is 13.3 Å². The molecule has 0 amide bonds. The Morgan fingerprint density at radius 2 is 2.06 bits per heavy atom. The predicted octanol–water partition coefficient (Wildman–Crippen LogP) is 2.21. The van der Waals surface area contributed by atoms with Gasteiger partial charge >= 0.3 is 0 Å². The van der Waals surface area contributed by atoms with Crippen LogP contribution in [0.2, 0.25) is 0 Å². The Labute approximate surface area is 99.9 Å². The van der Waals surface area contributed by atoms with Crippen LogP contribution in [0.3, 0.4) is 0 Å². The van der Waals surface area contributed by atoms with Crippen LogP contribution in [-0.4, -0.2) is 39.5 Å². The van der Waals surface area contributed by atoms with E-state index in [0.717, 1.165) is 31.7 Å². The van der Waals surface area contributed by atoms with Crippen LogP contribution in [0.25, 0.3) is 0 Å². The first-order valence-electron chi connectivity index (χ1n) is 6.68. The van der Waals surface area contributed by atoms with Crippen LogP contribution < -0.4 is 5.32 Å². The first-order chi connectivity index (χ1) is 7.88. The minimum absolute atomic E-state index is 0.710. The van der Waals surface area contributed by atoms with Gasteiger partial charge in [-0.05, 0) is 38.1 Å². The fourth-order valence-corrected chi connectivity index (χ4v) is 2.46. The van der Waals surface area contributed by atoms with Crippen molar-refractivity contribution in [2.24, 2.45) is 5.92 Å². The summed E-state index contributed by atoms with van der Waals surface area (Å²) in [7, 11) is 1.71. The summed E-state index contributed by atoms with van der Waals surface area (Å²) in [5.74, 6) is 0.828. The van der Waals surface area contributed by atoms with Gasteiger partial charge in [0.05, 0.1) is 13.2 Å². The molecule has 0 bridgehead atoms. The Bertz CT molecular complexity index is 164. The molecular formula is C13H27NO2. The summed E-state index contributed by atoms with van der Waals surface area (Å²) in [6.07, 6.45) is 6.53. The van der Waals surface area contributed by atoms with Gasteiger partial charge < -0.3 is 14.8 Å². The molecule has 1 N–H and O–H groups in total. The zero-order chi connectivity index (χ0) is 11.6. The molecule has 3 nitrogen and oxygen atoms in total. The lowest BCUT2D eigenvalue weighted by Crippen LogP contribution is -2.33. The standard InChI is InChI=1S/C13H27NO2/c1-3-8-14-13-6-4-5-12(13)7-9-16-11-10-15-2/h12-14H,3-11H2,1-2H3. The molecule has 1 saturated carbocycles. The SMILES string of the molecule is CCCNC1CCCC1CCOCCOC. The molecular weight excluding hydrogens is 202 g/mol. The first-order valence-corrected chi connectivity index (χ1v) is 6.68. The third-order valence-electron chi connectivity index (χ3n) is 3.38. The van der Waals surface area contributed by atoms with E-state index in [9.17, 15) is 0 Å². The molecule has 1 fully saturated rings. The molecule has 0 spiro atoms. The van der Waals surface area contributed by atoms with Crippen molar-refractivity contribution in [2.45, 2.75) is 45.1 Å². The highest BCUT2D eigenvalue weighted by atomic mass is 16.5. The van der Waals surface area contributed by atoms with E-state index in [2.05, 4.69) is 12.2 Å². The van der Waals surface area contributed by atoms with Gasteiger partial charge in [0.2, 0.25) is 0 Å². The fourth-order valence-electron chi connectivity index (χ4n) is 2.46. The Hall–Kier alpha value is -0.120. The summed E-state index contributed by atoms with van der Waals surface area (Å²) in [5.41, 5.74) is 0. The van der Waals surface area contributed by atoms with E-state index in [4.69, 9.17) is 9.47 Å². The lowest BCUT2D eigenvalue weighted by atomic mass is 10.00. The van der Waals surface area contributed by atoms with Gasteiger partial charge in [0.25, 0.3) is 0 Å². The van der Waals surface area contributed by atoms with E-state index in [0.29, 0.717) is 6.61 Å². The number of methoxy groups -OCH3 is 1. The van der Waals surface area contributed by atoms with Crippen LogP contribution >= 0.6 is 0 Å². The molecule has 96 valence electrons. The van der Waals surface area contributed by atoms with Crippen LogP contribution in [0, 0.1) is 5.92 Å². The summed E-state index contributed by atoms with van der Waals surface area (Å²) in [6, 6.07) is 0.742. The van der Waals surface area contributed by atoms with E-state index >= 15 is 0 Å². The van der Waals surface area contributed by atoms with Crippen molar-refractivity contribution in [1.82, 2.24) is 5.32 Å². The molecule has 16 heavy (non-hydrogen) atoms. The van der Waals surface area contributed by atoms with Gasteiger partial charge in [0, 0.05) is 19.8 Å². The van der Waals surface area contributed by atoms with Crippen molar-refractivity contribution in [3.8, 4) is 0 Å². The topological polar surface area (TPSA) is 30.5 Å². The zero-order valence-electron chi connectivity index (χ0n) is 10.8. The molecule has 0 aromatic rings. The van der Waals surface area contributed by atoms with Crippen LogP contribution in [-0.2, 0) is 9.47 Å². The van der Waals surface area contributed by atoms with Crippen LogP contribution in [0.15, 0.2) is 0 Å². The minimum atomic E-state index is 0.710. The van der Waals surface area contributed by atoms with Gasteiger partial charge in [-0.2, -0.15) is 0 Å². The highest BCUT2D eigenvalue weighted by Crippen LogP contribution is 2.28. The summed E-state index contributed by atoms with van der Waals surface area (Å²) in [5, 5.41) is 3.65. The van der Waals surface area contributed by atoms with Crippen molar-refractivity contribution in [3.05, 3.63) is 0 Å². The van der Waals surface area contributed by atoms with Gasteiger partial charge in [0.1, 0.15) is 0 Å². The van der Waals surface area contributed by atoms with E-state index in [1.807, 2.05) is 0 Å². The maximum absolute atomic E-state index is 5.54. The summed E-state index contributed by atoms with van der Waals surface area (Å²) in [6.45, 7) is 5.72. The molecule has 0 saturated heterocycles. The number of ether oxygens (including phenoxy) is 2. The maximum Gasteiger partial charge on any atom is 0.0700 e. The Morgan fingerprint density at radius 1 is 1.19 bits per heavy atom. The van der Waals surface area contributed by atoms with Crippen molar-refractivity contribution < 1.29 is 9.47 Å². The lowest BCUT2D eigenvalue weighted by Gasteiger charge is -2.20.